The molecule has 30 heavy (non-hydrogen) atoms. The van der Waals surface area contributed by atoms with Crippen LogP contribution in [0.1, 0.15) is 33.9 Å². The number of piperidine rings is 1. The van der Waals surface area contributed by atoms with Crippen molar-refractivity contribution in [2.24, 2.45) is 0 Å². The highest BCUT2D eigenvalue weighted by Gasteiger charge is 2.24. The lowest BCUT2D eigenvalue weighted by atomic mass is 10.0. The van der Waals surface area contributed by atoms with Crippen LogP contribution in [0.2, 0.25) is 5.02 Å². The smallest absolute Gasteiger partial charge is 0.253 e. The van der Waals surface area contributed by atoms with Crippen molar-refractivity contribution >= 4 is 40.5 Å². The van der Waals surface area contributed by atoms with Gasteiger partial charge in [0.15, 0.2) is 0 Å². The third-order valence-corrected chi connectivity index (χ3v) is 6.49. The molecule has 1 aromatic carbocycles. The molecule has 3 aromatic rings. The number of rotatable bonds is 4. The quantitative estimate of drug-likeness (QED) is 0.588. The molecule has 0 atom stereocenters. The third-order valence-electron chi connectivity index (χ3n) is 5.14. The van der Waals surface area contributed by atoms with E-state index in [0.29, 0.717) is 41.0 Å². The van der Waals surface area contributed by atoms with Crippen LogP contribution < -0.4 is 11.1 Å². The minimum absolute atomic E-state index is 0.0366. The van der Waals surface area contributed by atoms with Crippen LogP contribution in [0.25, 0.3) is 10.6 Å². The third kappa shape index (κ3) is 4.39. The standard InChI is InChI=1S/C21H23ClN6OS/c1-12-19(30-13(2)25-12)18-17(22)11-24-21(27-18)26-16-7-9-28(10-8-16)20(29)14-3-5-15(23)6-4-14/h3-6,11,16H,7-10,23H2,1-2H3,(H,24,26,27). The number of nitrogen functional groups attached to an aromatic ring is 1. The van der Waals surface area contributed by atoms with E-state index in [9.17, 15) is 4.79 Å². The fraction of sp³-hybridized carbons (Fsp3) is 0.333. The molecule has 4 rings (SSSR count). The van der Waals surface area contributed by atoms with Gasteiger partial charge in [0.05, 0.1) is 26.8 Å². The van der Waals surface area contributed by atoms with E-state index in [-0.39, 0.29) is 11.9 Å². The zero-order chi connectivity index (χ0) is 21.3. The predicted molar refractivity (Wildman–Crippen MR) is 121 cm³/mol. The van der Waals surface area contributed by atoms with Crippen LogP contribution in [0.15, 0.2) is 30.5 Å². The number of anilines is 2. The fourth-order valence-corrected chi connectivity index (χ4v) is 4.73. The molecule has 9 heteroatoms. The average molecular weight is 443 g/mol. The van der Waals surface area contributed by atoms with E-state index >= 15 is 0 Å². The molecular weight excluding hydrogens is 420 g/mol. The minimum atomic E-state index is 0.0366. The molecule has 0 unspecified atom stereocenters. The number of amides is 1. The van der Waals surface area contributed by atoms with Crippen LogP contribution in [0.4, 0.5) is 11.6 Å². The molecule has 0 aliphatic carbocycles. The van der Waals surface area contributed by atoms with E-state index in [2.05, 4.69) is 20.3 Å². The summed E-state index contributed by atoms with van der Waals surface area (Å²) in [5.41, 5.74) is 8.64. The average Bonchev–Trinajstić information content (AvgIpc) is 3.08. The van der Waals surface area contributed by atoms with Crippen LogP contribution >= 0.6 is 22.9 Å². The number of likely N-dealkylation sites (tertiary alicyclic amines) is 1. The Bertz CT molecular complexity index is 1060. The SMILES string of the molecule is Cc1nc(C)c(-c2nc(NC3CCN(C(=O)c4ccc(N)cc4)CC3)ncc2Cl)s1. The van der Waals surface area contributed by atoms with E-state index in [1.54, 1.807) is 41.8 Å². The molecule has 1 fully saturated rings. The highest BCUT2D eigenvalue weighted by atomic mass is 35.5. The number of aryl methyl sites for hydroxylation is 2. The summed E-state index contributed by atoms with van der Waals surface area (Å²) in [7, 11) is 0. The lowest BCUT2D eigenvalue weighted by Gasteiger charge is -2.32. The first-order valence-electron chi connectivity index (χ1n) is 9.79. The Balaban J connectivity index is 1.40. The lowest BCUT2D eigenvalue weighted by molar-refractivity contribution is 0.0718. The molecule has 1 saturated heterocycles. The number of hydrogen-bond donors (Lipinski definition) is 2. The van der Waals surface area contributed by atoms with Crippen molar-refractivity contribution in [3.63, 3.8) is 0 Å². The Kier molecular flexibility index (Phi) is 5.87. The number of nitrogens with two attached hydrogens (primary N) is 1. The molecule has 2 aromatic heterocycles. The largest absolute Gasteiger partial charge is 0.399 e. The Morgan fingerprint density at radius 2 is 1.90 bits per heavy atom. The summed E-state index contributed by atoms with van der Waals surface area (Å²) in [5, 5.41) is 4.89. The molecule has 1 aliphatic rings. The molecule has 0 saturated carbocycles. The van der Waals surface area contributed by atoms with E-state index in [1.165, 1.54) is 0 Å². The highest BCUT2D eigenvalue weighted by molar-refractivity contribution is 7.15. The van der Waals surface area contributed by atoms with Gasteiger partial charge in [0, 0.05) is 30.4 Å². The molecule has 3 N–H and O–H groups in total. The number of thiazole rings is 1. The van der Waals surface area contributed by atoms with Gasteiger partial charge in [0.2, 0.25) is 5.95 Å². The van der Waals surface area contributed by atoms with Crippen LogP contribution in [0.5, 0.6) is 0 Å². The van der Waals surface area contributed by atoms with Gasteiger partial charge in [-0.05, 0) is 51.0 Å². The summed E-state index contributed by atoms with van der Waals surface area (Å²) in [5.74, 6) is 0.581. The topological polar surface area (TPSA) is 97.0 Å². The molecule has 156 valence electrons. The van der Waals surface area contributed by atoms with Crippen LogP contribution in [0.3, 0.4) is 0 Å². The molecule has 0 radical (unpaired) electrons. The molecule has 0 spiro atoms. The molecule has 3 heterocycles. The summed E-state index contributed by atoms with van der Waals surface area (Å²) < 4.78 is 0. The maximum absolute atomic E-state index is 12.7. The van der Waals surface area contributed by atoms with Gasteiger partial charge in [-0.2, -0.15) is 0 Å². The number of hydrogen-bond acceptors (Lipinski definition) is 7. The summed E-state index contributed by atoms with van der Waals surface area (Å²) in [6, 6.07) is 7.24. The minimum Gasteiger partial charge on any atom is -0.399 e. The molecule has 1 amide bonds. The molecule has 0 bridgehead atoms. The van der Waals surface area contributed by atoms with Gasteiger partial charge in [0.1, 0.15) is 5.69 Å². The Hall–Kier alpha value is -2.71. The number of benzene rings is 1. The number of aromatic nitrogens is 3. The second-order valence-corrected chi connectivity index (χ2v) is 8.98. The van der Waals surface area contributed by atoms with Gasteiger partial charge in [-0.15, -0.1) is 11.3 Å². The van der Waals surface area contributed by atoms with Crippen LogP contribution in [-0.2, 0) is 0 Å². The van der Waals surface area contributed by atoms with E-state index in [1.807, 2.05) is 18.7 Å². The summed E-state index contributed by atoms with van der Waals surface area (Å²) in [4.78, 5) is 29.0. The van der Waals surface area contributed by atoms with E-state index < -0.39 is 0 Å². The number of carbonyl (C=O) groups is 1. The predicted octanol–water partition coefficient (Wildman–Crippen LogP) is 4.17. The maximum atomic E-state index is 12.7. The zero-order valence-corrected chi connectivity index (χ0v) is 18.4. The van der Waals surface area contributed by atoms with Gasteiger partial charge >= 0.3 is 0 Å². The van der Waals surface area contributed by atoms with E-state index in [4.69, 9.17) is 17.3 Å². The van der Waals surface area contributed by atoms with Crippen molar-refractivity contribution in [3.8, 4) is 10.6 Å². The number of nitrogens with zero attached hydrogens (tertiary/aromatic N) is 4. The van der Waals surface area contributed by atoms with Gasteiger partial charge in [-0.25, -0.2) is 15.0 Å². The molecule has 7 nitrogen and oxygen atoms in total. The number of halogens is 1. The van der Waals surface area contributed by atoms with Crippen molar-refractivity contribution in [1.82, 2.24) is 19.9 Å². The molecule has 1 aliphatic heterocycles. The summed E-state index contributed by atoms with van der Waals surface area (Å²) >= 11 is 7.92. The number of nitrogens with one attached hydrogen (secondary N) is 1. The zero-order valence-electron chi connectivity index (χ0n) is 16.9. The van der Waals surface area contributed by atoms with Gasteiger partial charge < -0.3 is 16.0 Å². The highest BCUT2D eigenvalue weighted by Crippen LogP contribution is 2.33. The first-order chi connectivity index (χ1) is 14.4. The van der Waals surface area contributed by atoms with Gasteiger partial charge in [-0.3, -0.25) is 4.79 Å². The van der Waals surface area contributed by atoms with Crippen molar-refractivity contribution in [2.45, 2.75) is 32.7 Å². The maximum Gasteiger partial charge on any atom is 0.253 e. The first kappa shape index (κ1) is 20.6. The molecular formula is C21H23ClN6OS. The fourth-order valence-electron chi connectivity index (χ4n) is 3.56. The second-order valence-electron chi connectivity index (χ2n) is 7.37. The second kappa shape index (κ2) is 8.57. The Labute approximate surface area is 184 Å². The Morgan fingerprint density at radius 1 is 1.20 bits per heavy atom. The van der Waals surface area contributed by atoms with Crippen LogP contribution in [-0.4, -0.2) is 44.9 Å². The van der Waals surface area contributed by atoms with Crippen molar-refractivity contribution in [1.29, 1.82) is 0 Å². The number of carbonyl (C=O) groups excluding carboxylic acids is 1. The van der Waals surface area contributed by atoms with Crippen molar-refractivity contribution in [3.05, 3.63) is 51.7 Å². The van der Waals surface area contributed by atoms with E-state index in [0.717, 1.165) is 28.4 Å². The lowest BCUT2D eigenvalue weighted by Crippen LogP contribution is -2.42. The van der Waals surface area contributed by atoms with Gasteiger partial charge in [0.25, 0.3) is 5.91 Å². The summed E-state index contributed by atoms with van der Waals surface area (Å²) in [6.45, 7) is 5.27. The monoisotopic (exact) mass is 442 g/mol. The first-order valence-corrected chi connectivity index (χ1v) is 11.0. The summed E-state index contributed by atoms with van der Waals surface area (Å²) in [6.07, 6.45) is 3.27. The van der Waals surface area contributed by atoms with Crippen molar-refractivity contribution in [2.75, 3.05) is 24.1 Å². The van der Waals surface area contributed by atoms with Crippen LogP contribution in [0, 0.1) is 13.8 Å². The van der Waals surface area contributed by atoms with Gasteiger partial charge in [-0.1, -0.05) is 11.6 Å². The Morgan fingerprint density at radius 3 is 2.53 bits per heavy atom. The normalized spacial score (nSPS) is 14.7. The van der Waals surface area contributed by atoms with Crippen molar-refractivity contribution < 1.29 is 4.79 Å².